The van der Waals surface area contributed by atoms with Gasteiger partial charge in [0.05, 0.1) is 0 Å². The highest BCUT2D eigenvalue weighted by molar-refractivity contribution is 9.20. The van der Waals surface area contributed by atoms with E-state index in [1.54, 1.807) is 0 Å². The minimum atomic E-state index is 0.556. The van der Waals surface area contributed by atoms with Crippen molar-refractivity contribution in [2.45, 2.75) is 0 Å². The third-order valence-corrected chi connectivity index (χ3v) is 1.95. The van der Waals surface area contributed by atoms with Crippen molar-refractivity contribution >= 4 is 36.5 Å². The van der Waals surface area contributed by atoms with Gasteiger partial charge < -0.3 is 0 Å². The van der Waals surface area contributed by atoms with E-state index in [1.807, 2.05) is 0 Å². The van der Waals surface area contributed by atoms with E-state index in [-0.39, 0.29) is 0 Å². The Bertz CT molecular complexity index is 120. The number of hydrogen-bond donors (Lipinski definition) is 2. The van der Waals surface area contributed by atoms with Crippen LogP contribution in [0, 0.1) is 0 Å². The second-order valence-electron chi connectivity index (χ2n) is 0.937. The number of allylic oxidation sites excluding steroid dienone is 1. The second kappa shape index (κ2) is 4.05. The first-order chi connectivity index (χ1) is 3.68. The van der Waals surface area contributed by atoms with Crippen molar-refractivity contribution in [3.05, 3.63) is 11.1 Å². The summed E-state index contributed by atoms with van der Waals surface area (Å²) in [5, 5.41) is 3.54. The summed E-state index contributed by atoms with van der Waals surface area (Å²) in [5.74, 6) is 4.84. The molecular formula is C3H5Br2N3. The van der Waals surface area contributed by atoms with Crippen LogP contribution in [0.5, 0.6) is 0 Å². The molecule has 0 fully saturated rings. The normalized spacial score (nSPS) is 11.1. The third-order valence-electron chi connectivity index (χ3n) is 0.387. The SMILES string of the molecule is C=C(Br)/C(Br)=N\NN. The van der Waals surface area contributed by atoms with Gasteiger partial charge in [-0.05, 0) is 31.9 Å². The van der Waals surface area contributed by atoms with Crippen molar-refractivity contribution < 1.29 is 0 Å². The molecule has 8 heavy (non-hydrogen) atoms. The highest BCUT2D eigenvalue weighted by Gasteiger charge is 1.91. The second-order valence-corrected chi connectivity index (χ2v) is 2.64. The monoisotopic (exact) mass is 241 g/mol. The highest BCUT2D eigenvalue weighted by atomic mass is 79.9. The van der Waals surface area contributed by atoms with Crippen molar-refractivity contribution in [1.29, 1.82) is 0 Å². The van der Waals surface area contributed by atoms with Gasteiger partial charge >= 0.3 is 0 Å². The summed E-state index contributed by atoms with van der Waals surface area (Å²) < 4.78 is 1.20. The van der Waals surface area contributed by atoms with Crippen molar-refractivity contribution in [3.63, 3.8) is 0 Å². The van der Waals surface area contributed by atoms with E-state index in [1.165, 1.54) is 0 Å². The Morgan fingerprint density at radius 3 is 2.25 bits per heavy atom. The summed E-state index contributed by atoms with van der Waals surface area (Å²) in [6.45, 7) is 3.52. The number of nitrogens with one attached hydrogen (secondary N) is 1. The summed E-state index contributed by atoms with van der Waals surface area (Å²) in [6, 6.07) is 0. The molecule has 0 saturated carbocycles. The van der Waals surface area contributed by atoms with E-state index in [9.17, 15) is 0 Å². The summed E-state index contributed by atoms with van der Waals surface area (Å²) in [7, 11) is 0. The van der Waals surface area contributed by atoms with Crippen molar-refractivity contribution in [2.24, 2.45) is 10.9 Å². The van der Waals surface area contributed by atoms with Gasteiger partial charge in [-0.3, -0.25) is 0 Å². The molecule has 0 aliphatic carbocycles. The maximum atomic E-state index is 4.84. The number of hydrogen-bond acceptors (Lipinski definition) is 3. The molecule has 0 unspecified atom stereocenters. The van der Waals surface area contributed by atoms with Crippen LogP contribution in [0.15, 0.2) is 16.2 Å². The van der Waals surface area contributed by atoms with E-state index in [4.69, 9.17) is 5.84 Å². The van der Waals surface area contributed by atoms with Crippen LogP contribution in [0.2, 0.25) is 0 Å². The van der Waals surface area contributed by atoms with Crippen LogP contribution in [0.25, 0.3) is 0 Å². The van der Waals surface area contributed by atoms with E-state index >= 15 is 0 Å². The molecule has 0 bridgehead atoms. The lowest BCUT2D eigenvalue weighted by molar-refractivity contribution is 0.810. The molecule has 0 saturated heterocycles. The van der Waals surface area contributed by atoms with Crippen molar-refractivity contribution in [2.75, 3.05) is 0 Å². The van der Waals surface area contributed by atoms with Gasteiger partial charge in [-0.25, -0.2) is 11.4 Å². The average Bonchev–Trinajstić information content (AvgIpc) is 1.67. The van der Waals surface area contributed by atoms with E-state index < -0.39 is 0 Å². The summed E-state index contributed by atoms with van der Waals surface area (Å²) in [4.78, 5) is 0. The predicted molar refractivity (Wildman–Crippen MR) is 41.8 cm³/mol. The van der Waals surface area contributed by atoms with Crippen LogP contribution in [0.4, 0.5) is 0 Å². The van der Waals surface area contributed by atoms with Crippen LogP contribution in [0.1, 0.15) is 0 Å². The Morgan fingerprint density at radius 1 is 1.62 bits per heavy atom. The van der Waals surface area contributed by atoms with Gasteiger partial charge in [0.15, 0.2) is 0 Å². The summed E-state index contributed by atoms with van der Waals surface area (Å²) in [6.07, 6.45) is 0. The fourth-order valence-electron chi connectivity index (χ4n) is 0.117. The number of nitrogens with two attached hydrogens (primary N) is 1. The maximum absolute atomic E-state index is 4.84. The summed E-state index contributed by atoms with van der Waals surface area (Å²) >= 11 is 6.14. The zero-order valence-corrected chi connectivity index (χ0v) is 7.16. The zero-order chi connectivity index (χ0) is 6.57. The number of hydrazone groups is 1. The van der Waals surface area contributed by atoms with E-state index in [0.29, 0.717) is 9.10 Å². The van der Waals surface area contributed by atoms with E-state index in [0.717, 1.165) is 0 Å². The molecule has 5 heteroatoms. The lowest BCUT2D eigenvalue weighted by Crippen LogP contribution is -2.15. The molecule has 0 rings (SSSR count). The quantitative estimate of drug-likeness (QED) is 0.433. The maximum Gasteiger partial charge on any atom is 0.141 e. The molecule has 0 aromatic heterocycles. The van der Waals surface area contributed by atoms with Crippen LogP contribution in [0.3, 0.4) is 0 Å². The molecular weight excluding hydrogens is 238 g/mol. The first kappa shape index (κ1) is 8.13. The topological polar surface area (TPSA) is 50.4 Å². The molecule has 3 N–H and O–H groups in total. The standard InChI is InChI=1S/C3H5Br2N3/c1-2(4)3(5)7-8-6/h8H,1,6H2/b7-3+. The zero-order valence-electron chi connectivity index (χ0n) is 3.99. The third kappa shape index (κ3) is 3.17. The molecule has 0 amide bonds. The average molecular weight is 243 g/mol. The largest absolute Gasteiger partial charge is 0.245 e. The summed E-state index contributed by atoms with van der Waals surface area (Å²) in [5.41, 5.74) is 2.10. The van der Waals surface area contributed by atoms with Crippen molar-refractivity contribution in [1.82, 2.24) is 5.53 Å². The van der Waals surface area contributed by atoms with Gasteiger partial charge in [0, 0.05) is 4.48 Å². The fraction of sp³-hybridized carbons (Fsp3) is 0. The molecule has 0 spiro atoms. The Kier molecular flexibility index (Phi) is 4.12. The van der Waals surface area contributed by atoms with Crippen LogP contribution in [-0.2, 0) is 0 Å². The van der Waals surface area contributed by atoms with Gasteiger partial charge in [-0.15, -0.1) is 0 Å². The lowest BCUT2D eigenvalue weighted by atomic mass is 10.7. The van der Waals surface area contributed by atoms with Gasteiger partial charge in [0.2, 0.25) is 0 Å². The van der Waals surface area contributed by atoms with Gasteiger partial charge in [-0.1, -0.05) is 6.58 Å². The predicted octanol–water partition coefficient (Wildman–Crippen LogP) is 1.07. The number of rotatable bonds is 2. The highest BCUT2D eigenvalue weighted by Crippen LogP contribution is 2.07. The molecule has 0 heterocycles. The van der Waals surface area contributed by atoms with Gasteiger partial charge in [0.1, 0.15) is 4.62 Å². The Balaban J connectivity index is 3.80. The number of hydrazine groups is 1. The molecule has 46 valence electrons. The smallest absolute Gasteiger partial charge is 0.141 e. The molecule has 0 radical (unpaired) electrons. The molecule has 0 atom stereocenters. The number of nitrogens with zero attached hydrogens (tertiary/aromatic N) is 1. The molecule has 0 aliphatic heterocycles. The first-order valence-corrected chi connectivity index (χ1v) is 3.30. The van der Waals surface area contributed by atoms with E-state index in [2.05, 4.69) is 49.1 Å². The van der Waals surface area contributed by atoms with Gasteiger partial charge in [-0.2, -0.15) is 5.10 Å². The first-order valence-electron chi connectivity index (χ1n) is 1.72. The Labute approximate surface area is 64.2 Å². The Hall–Kier alpha value is 0.130. The van der Waals surface area contributed by atoms with Gasteiger partial charge in [0.25, 0.3) is 0 Å². The number of halogens is 2. The minimum absolute atomic E-state index is 0.556. The molecule has 0 aromatic rings. The van der Waals surface area contributed by atoms with Crippen LogP contribution < -0.4 is 11.4 Å². The Morgan fingerprint density at radius 2 is 2.12 bits per heavy atom. The molecule has 3 nitrogen and oxygen atoms in total. The van der Waals surface area contributed by atoms with Crippen molar-refractivity contribution in [3.8, 4) is 0 Å². The van der Waals surface area contributed by atoms with Crippen LogP contribution >= 0.6 is 31.9 Å². The lowest BCUT2D eigenvalue weighted by Gasteiger charge is -1.90. The minimum Gasteiger partial charge on any atom is -0.245 e. The molecule has 0 aliphatic rings. The molecule has 0 aromatic carbocycles. The fourth-order valence-corrected chi connectivity index (χ4v) is 0.308. The van der Waals surface area contributed by atoms with Crippen LogP contribution in [-0.4, -0.2) is 4.62 Å².